The summed E-state index contributed by atoms with van der Waals surface area (Å²) >= 11 is 0. The highest BCUT2D eigenvalue weighted by Crippen LogP contribution is 1.93. The van der Waals surface area contributed by atoms with Crippen LogP contribution in [0.1, 0.15) is 11.4 Å². The van der Waals surface area contributed by atoms with Gasteiger partial charge in [-0.2, -0.15) is 10.3 Å². The van der Waals surface area contributed by atoms with Gasteiger partial charge < -0.3 is 5.11 Å². The largest absolute Gasteiger partial charge is 0.472 e. The number of hydrogen-bond acceptors (Lipinski definition) is 3. The van der Waals surface area contributed by atoms with Crippen molar-refractivity contribution in [2.45, 2.75) is 6.92 Å². The fourth-order valence-electron chi connectivity index (χ4n) is 0.515. The first-order valence-corrected chi connectivity index (χ1v) is 2.82. The standard InChI is InChI=1S/C6H5N3O2/c1-4-5(8-9-7-4)2-3-6(10)11/h1H3,(H,10,11)(H,7,8,9). The minimum atomic E-state index is -1.17. The zero-order valence-corrected chi connectivity index (χ0v) is 5.75. The molecule has 0 saturated carbocycles. The zero-order chi connectivity index (χ0) is 8.27. The van der Waals surface area contributed by atoms with Crippen LogP contribution in [0, 0.1) is 18.8 Å². The van der Waals surface area contributed by atoms with E-state index >= 15 is 0 Å². The van der Waals surface area contributed by atoms with E-state index in [2.05, 4.69) is 21.3 Å². The zero-order valence-electron chi connectivity index (χ0n) is 5.75. The number of carboxylic acids is 1. The number of aliphatic carboxylic acids is 1. The molecule has 0 aliphatic rings. The van der Waals surface area contributed by atoms with E-state index in [-0.39, 0.29) is 0 Å². The topological polar surface area (TPSA) is 78.9 Å². The van der Waals surface area contributed by atoms with E-state index in [0.717, 1.165) is 0 Å². The van der Waals surface area contributed by atoms with Crippen molar-refractivity contribution >= 4 is 5.97 Å². The molecule has 0 atom stereocenters. The second-order valence-corrected chi connectivity index (χ2v) is 1.81. The van der Waals surface area contributed by atoms with Gasteiger partial charge in [0.2, 0.25) is 0 Å². The molecular weight excluding hydrogens is 146 g/mol. The molecule has 0 amide bonds. The lowest BCUT2D eigenvalue weighted by atomic mass is 10.3. The molecular formula is C6H5N3O2. The van der Waals surface area contributed by atoms with Crippen molar-refractivity contribution in [1.29, 1.82) is 0 Å². The summed E-state index contributed by atoms with van der Waals surface area (Å²) in [4.78, 5) is 9.97. The van der Waals surface area contributed by atoms with Crippen LogP contribution in [0.25, 0.3) is 0 Å². The normalized spacial score (nSPS) is 8.45. The highest BCUT2D eigenvalue weighted by Gasteiger charge is 1.96. The first-order chi connectivity index (χ1) is 5.20. The second-order valence-electron chi connectivity index (χ2n) is 1.81. The van der Waals surface area contributed by atoms with Gasteiger partial charge in [-0.1, -0.05) is 0 Å². The maximum absolute atomic E-state index is 9.97. The van der Waals surface area contributed by atoms with Crippen molar-refractivity contribution in [3.8, 4) is 11.8 Å². The molecule has 0 aromatic carbocycles. The van der Waals surface area contributed by atoms with E-state index in [0.29, 0.717) is 11.4 Å². The Labute approximate surface area is 62.4 Å². The molecule has 1 aromatic rings. The lowest BCUT2D eigenvalue weighted by Gasteiger charge is -1.76. The van der Waals surface area contributed by atoms with Crippen LogP contribution < -0.4 is 0 Å². The van der Waals surface area contributed by atoms with Crippen molar-refractivity contribution in [3.63, 3.8) is 0 Å². The minimum Gasteiger partial charge on any atom is -0.472 e. The molecule has 0 unspecified atom stereocenters. The lowest BCUT2D eigenvalue weighted by Crippen LogP contribution is -1.88. The highest BCUT2D eigenvalue weighted by molar-refractivity contribution is 5.87. The quantitative estimate of drug-likeness (QED) is 0.492. The molecule has 1 aromatic heterocycles. The molecule has 1 heterocycles. The van der Waals surface area contributed by atoms with Gasteiger partial charge in [-0.25, -0.2) is 4.79 Å². The van der Waals surface area contributed by atoms with Crippen LogP contribution in [0.5, 0.6) is 0 Å². The van der Waals surface area contributed by atoms with Gasteiger partial charge in [0.15, 0.2) is 5.69 Å². The Morgan fingerprint density at radius 3 is 2.82 bits per heavy atom. The van der Waals surface area contributed by atoms with Crippen molar-refractivity contribution in [3.05, 3.63) is 11.4 Å². The summed E-state index contributed by atoms with van der Waals surface area (Å²) in [6.45, 7) is 1.69. The summed E-state index contributed by atoms with van der Waals surface area (Å²) in [6, 6.07) is 0. The Balaban J connectivity index is 2.90. The number of nitrogens with zero attached hydrogens (tertiary/aromatic N) is 2. The van der Waals surface area contributed by atoms with Crippen molar-refractivity contribution in [1.82, 2.24) is 15.4 Å². The maximum atomic E-state index is 9.97. The van der Waals surface area contributed by atoms with Gasteiger partial charge in [0.25, 0.3) is 0 Å². The average Bonchev–Trinajstić information content (AvgIpc) is 2.31. The highest BCUT2D eigenvalue weighted by atomic mass is 16.4. The monoisotopic (exact) mass is 151 g/mol. The first-order valence-electron chi connectivity index (χ1n) is 2.82. The number of aryl methyl sites for hydroxylation is 1. The van der Waals surface area contributed by atoms with Gasteiger partial charge in [0.1, 0.15) is 0 Å². The van der Waals surface area contributed by atoms with Gasteiger partial charge in [-0.05, 0) is 12.8 Å². The van der Waals surface area contributed by atoms with E-state index in [4.69, 9.17) is 5.11 Å². The Kier molecular flexibility index (Phi) is 1.88. The SMILES string of the molecule is Cc1n[nH]nc1C#CC(=O)O. The summed E-state index contributed by atoms with van der Waals surface area (Å²) in [6.07, 6.45) is 0. The van der Waals surface area contributed by atoms with Crippen LogP contribution in [0.15, 0.2) is 0 Å². The Hall–Kier alpha value is -1.83. The number of hydrogen-bond donors (Lipinski definition) is 2. The molecule has 56 valence electrons. The Morgan fingerprint density at radius 2 is 2.36 bits per heavy atom. The number of carbonyl (C=O) groups is 1. The molecule has 1 rings (SSSR count). The number of aromatic amines is 1. The summed E-state index contributed by atoms with van der Waals surface area (Å²) in [5.74, 6) is 3.10. The predicted molar refractivity (Wildman–Crippen MR) is 35.6 cm³/mol. The third-order valence-electron chi connectivity index (χ3n) is 1.01. The van der Waals surface area contributed by atoms with E-state index in [1.807, 2.05) is 5.92 Å². The fourth-order valence-corrected chi connectivity index (χ4v) is 0.515. The molecule has 0 radical (unpaired) electrons. The van der Waals surface area contributed by atoms with E-state index in [1.54, 1.807) is 6.92 Å². The number of carboxylic acid groups (broad SMARTS) is 1. The van der Waals surface area contributed by atoms with E-state index < -0.39 is 5.97 Å². The van der Waals surface area contributed by atoms with Crippen LogP contribution in [0.3, 0.4) is 0 Å². The van der Waals surface area contributed by atoms with E-state index in [1.165, 1.54) is 0 Å². The molecule has 2 N–H and O–H groups in total. The summed E-state index contributed by atoms with van der Waals surface area (Å²) in [7, 11) is 0. The molecule has 0 bridgehead atoms. The van der Waals surface area contributed by atoms with Gasteiger partial charge in [-0.3, -0.25) is 0 Å². The Morgan fingerprint density at radius 1 is 1.64 bits per heavy atom. The number of aromatic nitrogens is 3. The minimum absolute atomic E-state index is 0.368. The fraction of sp³-hybridized carbons (Fsp3) is 0.167. The third kappa shape index (κ3) is 1.79. The number of H-pyrrole nitrogens is 1. The van der Waals surface area contributed by atoms with Crippen LogP contribution in [0.2, 0.25) is 0 Å². The number of nitrogens with one attached hydrogen (secondary N) is 1. The molecule has 0 fully saturated rings. The molecule has 0 aliphatic carbocycles. The average molecular weight is 151 g/mol. The van der Waals surface area contributed by atoms with Gasteiger partial charge in [-0.15, -0.1) is 5.10 Å². The van der Waals surface area contributed by atoms with Crippen molar-refractivity contribution < 1.29 is 9.90 Å². The van der Waals surface area contributed by atoms with Gasteiger partial charge >= 0.3 is 5.97 Å². The molecule has 5 heteroatoms. The maximum Gasteiger partial charge on any atom is 0.382 e. The molecule has 0 saturated heterocycles. The molecule has 0 spiro atoms. The van der Waals surface area contributed by atoms with Crippen molar-refractivity contribution in [2.75, 3.05) is 0 Å². The first kappa shape index (κ1) is 7.28. The number of rotatable bonds is 0. The van der Waals surface area contributed by atoms with Crippen LogP contribution >= 0.6 is 0 Å². The van der Waals surface area contributed by atoms with Crippen molar-refractivity contribution in [2.24, 2.45) is 0 Å². The van der Waals surface area contributed by atoms with E-state index in [9.17, 15) is 4.79 Å². The van der Waals surface area contributed by atoms with Crippen LogP contribution in [-0.4, -0.2) is 26.5 Å². The molecule has 5 nitrogen and oxygen atoms in total. The van der Waals surface area contributed by atoms with Gasteiger partial charge in [0, 0.05) is 5.92 Å². The van der Waals surface area contributed by atoms with Crippen LogP contribution in [0.4, 0.5) is 0 Å². The lowest BCUT2D eigenvalue weighted by molar-refractivity contribution is -0.130. The van der Waals surface area contributed by atoms with Gasteiger partial charge in [0.05, 0.1) is 5.69 Å². The third-order valence-corrected chi connectivity index (χ3v) is 1.01. The Bertz CT molecular complexity index is 331. The van der Waals surface area contributed by atoms with Crippen LogP contribution in [-0.2, 0) is 4.79 Å². The summed E-state index contributed by atoms with van der Waals surface area (Å²) in [5.41, 5.74) is 0.964. The summed E-state index contributed by atoms with van der Waals surface area (Å²) < 4.78 is 0. The second kappa shape index (κ2) is 2.84. The molecule has 11 heavy (non-hydrogen) atoms. The summed E-state index contributed by atoms with van der Waals surface area (Å²) in [5, 5.41) is 17.8. The smallest absolute Gasteiger partial charge is 0.382 e. The predicted octanol–water partition coefficient (Wildman–Crippen LogP) is -0.451. The molecule has 0 aliphatic heterocycles.